The fraction of sp³-hybridized carbons (Fsp3) is 0.250. The van der Waals surface area contributed by atoms with E-state index in [0.29, 0.717) is 0 Å². The third-order valence-corrected chi connectivity index (χ3v) is 5.56. The second-order valence-electron chi connectivity index (χ2n) is 6.22. The van der Waals surface area contributed by atoms with Crippen LogP contribution in [-0.2, 0) is 11.2 Å². The molecule has 3 aromatic rings. The van der Waals surface area contributed by atoms with Gasteiger partial charge in [0.05, 0.1) is 10.8 Å². The molecule has 0 radical (unpaired) electrons. The number of para-hydroxylation sites is 2. The Morgan fingerprint density at radius 1 is 1.12 bits per heavy atom. The maximum Gasteiger partial charge on any atom is 0.240 e. The van der Waals surface area contributed by atoms with Crippen molar-refractivity contribution in [2.45, 2.75) is 30.5 Å². The van der Waals surface area contributed by atoms with E-state index in [2.05, 4.69) is 16.0 Å². The number of hydrogen-bond acceptors (Lipinski definition) is 4. The summed E-state index contributed by atoms with van der Waals surface area (Å²) in [4.78, 5) is 24.0. The monoisotopic (exact) mass is 349 g/mol. The van der Waals surface area contributed by atoms with Gasteiger partial charge in [-0.1, -0.05) is 48.2 Å². The fourth-order valence-electron chi connectivity index (χ4n) is 3.25. The van der Waals surface area contributed by atoms with Crippen LogP contribution in [0, 0.1) is 6.92 Å². The molecule has 25 heavy (non-hydrogen) atoms. The number of anilines is 1. The van der Waals surface area contributed by atoms with Crippen LogP contribution in [0.5, 0.6) is 0 Å². The van der Waals surface area contributed by atoms with Gasteiger partial charge in [-0.15, -0.1) is 0 Å². The zero-order chi connectivity index (χ0) is 17.4. The highest BCUT2D eigenvalue weighted by Crippen LogP contribution is 2.33. The van der Waals surface area contributed by atoms with E-state index in [1.54, 1.807) is 0 Å². The van der Waals surface area contributed by atoms with Crippen molar-refractivity contribution in [1.82, 2.24) is 9.97 Å². The second-order valence-corrected chi connectivity index (χ2v) is 7.55. The van der Waals surface area contributed by atoms with Gasteiger partial charge in [-0.2, -0.15) is 0 Å². The number of thioether (sulfide) groups is 1. The number of benzene rings is 2. The lowest BCUT2D eigenvalue weighted by molar-refractivity contribution is -0.117. The number of aromatic nitrogens is 2. The van der Waals surface area contributed by atoms with Crippen molar-refractivity contribution < 1.29 is 4.79 Å². The molecule has 5 heteroatoms. The zero-order valence-corrected chi connectivity index (χ0v) is 15.1. The molecule has 1 atom stereocenters. The summed E-state index contributed by atoms with van der Waals surface area (Å²) in [5.41, 5.74) is 3.21. The van der Waals surface area contributed by atoms with Crippen LogP contribution in [0.3, 0.4) is 0 Å². The van der Waals surface area contributed by atoms with Crippen molar-refractivity contribution in [3.63, 3.8) is 0 Å². The minimum absolute atomic E-state index is 0.135. The summed E-state index contributed by atoms with van der Waals surface area (Å²) in [6, 6.07) is 16.1. The molecular weight excluding hydrogens is 330 g/mol. The Hall–Kier alpha value is -2.40. The SMILES string of the molecule is Cc1nc(SC(C)C(=O)N2CCc3ccccc32)c2ccccc2n1. The molecule has 1 aliphatic heterocycles. The van der Waals surface area contributed by atoms with Crippen molar-refractivity contribution in [3.8, 4) is 0 Å². The first-order valence-corrected chi connectivity index (χ1v) is 9.31. The standard InChI is InChI=1S/C20H19N3OS/c1-13(20(24)23-12-11-15-7-3-6-10-18(15)23)25-19-16-8-4-5-9-17(16)21-14(2)22-19/h3-10,13H,11-12H2,1-2H3. The smallest absolute Gasteiger partial charge is 0.240 e. The maximum absolute atomic E-state index is 13.0. The number of amides is 1. The van der Waals surface area contributed by atoms with Crippen LogP contribution >= 0.6 is 11.8 Å². The Labute approximate surface area is 151 Å². The first kappa shape index (κ1) is 16.1. The average molecular weight is 349 g/mol. The van der Waals surface area contributed by atoms with E-state index in [-0.39, 0.29) is 11.2 Å². The van der Waals surface area contributed by atoms with Gasteiger partial charge >= 0.3 is 0 Å². The molecule has 0 N–H and O–H groups in total. The van der Waals surface area contributed by atoms with Crippen LogP contribution in [0.2, 0.25) is 0 Å². The van der Waals surface area contributed by atoms with Crippen LogP contribution in [0.1, 0.15) is 18.3 Å². The molecule has 1 unspecified atom stereocenters. The highest BCUT2D eigenvalue weighted by atomic mass is 32.2. The summed E-state index contributed by atoms with van der Waals surface area (Å²) in [5, 5.41) is 1.67. The molecule has 0 spiro atoms. The number of nitrogens with zero attached hydrogens (tertiary/aromatic N) is 3. The largest absolute Gasteiger partial charge is 0.311 e. The molecule has 126 valence electrons. The van der Waals surface area contributed by atoms with Crippen molar-refractivity contribution >= 4 is 34.3 Å². The van der Waals surface area contributed by atoms with Gasteiger partial charge < -0.3 is 4.90 Å². The van der Waals surface area contributed by atoms with E-state index in [1.165, 1.54) is 17.3 Å². The molecule has 1 aromatic heterocycles. The van der Waals surface area contributed by atoms with Crippen molar-refractivity contribution in [1.29, 1.82) is 0 Å². The van der Waals surface area contributed by atoms with Crippen molar-refractivity contribution in [3.05, 3.63) is 59.9 Å². The fourth-order valence-corrected chi connectivity index (χ4v) is 4.30. The minimum Gasteiger partial charge on any atom is -0.311 e. The Balaban J connectivity index is 1.61. The van der Waals surface area contributed by atoms with Crippen LogP contribution in [-0.4, -0.2) is 27.7 Å². The first-order chi connectivity index (χ1) is 12.1. The third-order valence-electron chi connectivity index (χ3n) is 4.47. The lowest BCUT2D eigenvalue weighted by Gasteiger charge is -2.21. The highest BCUT2D eigenvalue weighted by Gasteiger charge is 2.28. The molecule has 0 bridgehead atoms. The number of rotatable bonds is 3. The summed E-state index contributed by atoms with van der Waals surface area (Å²) in [5.74, 6) is 0.864. The molecule has 0 fully saturated rings. The van der Waals surface area contributed by atoms with E-state index in [0.717, 1.165) is 40.4 Å². The Morgan fingerprint density at radius 2 is 1.88 bits per heavy atom. The second kappa shape index (κ2) is 6.48. The molecule has 0 saturated heterocycles. The van der Waals surface area contributed by atoms with E-state index in [1.807, 2.05) is 61.2 Å². The van der Waals surface area contributed by atoms with E-state index >= 15 is 0 Å². The number of aryl methyl sites for hydroxylation is 1. The van der Waals surface area contributed by atoms with Gasteiger partial charge in [-0.3, -0.25) is 4.79 Å². The number of hydrogen-bond donors (Lipinski definition) is 0. The van der Waals surface area contributed by atoms with E-state index in [9.17, 15) is 4.79 Å². The van der Waals surface area contributed by atoms with Gasteiger partial charge in [-0.05, 0) is 38.0 Å². The topological polar surface area (TPSA) is 46.1 Å². The first-order valence-electron chi connectivity index (χ1n) is 8.43. The Bertz CT molecular complexity index is 957. The number of carbonyl (C=O) groups is 1. The lowest BCUT2D eigenvalue weighted by Crippen LogP contribution is -2.35. The third kappa shape index (κ3) is 3.00. The molecule has 0 saturated carbocycles. The summed E-state index contributed by atoms with van der Waals surface area (Å²) in [7, 11) is 0. The summed E-state index contributed by atoms with van der Waals surface area (Å²) in [6.07, 6.45) is 0.925. The van der Waals surface area contributed by atoms with Crippen LogP contribution in [0.4, 0.5) is 5.69 Å². The van der Waals surface area contributed by atoms with Crippen molar-refractivity contribution in [2.24, 2.45) is 0 Å². The van der Waals surface area contributed by atoms with Crippen molar-refractivity contribution in [2.75, 3.05) is 11.4 Å². The van der Waals surface area contributed by atoms with E-state index < -0.39 is 0 Å². The molecule has 1 aliphatic rings. The molecule has 4 rings (SSSR count). The van der Waals surface area contributed by atoms with Crippen LogP contribution in [0.25, 0.3) is 10.9 Å². The van der Waals surface area contributed by atoms with E-state index in [4.69, 9.17) is 0 Å². The van der Waals surface area contributed by atoms with Gasteiger partial charge in [0.1, 0.15) is 10.9 Å². The normalized spacial score (nSPS) is 14.6. The predicted octanol–water partition coefficient (Wildman–Crippen LogP) is 4.01. The van der Waals surface area contributed by atoms with Gasteiger partial charge in [-0.25, -0.2) is 9.97 Å². The average Bonchev–Trinajstić information content (AvgIpc) is 3.05. The summed E-state index contributed by atoms with van der Waals surface area (Å²) >= 11 is 1.51. The molecule has 0 aliphatic carbocycles. The highest BCUT2D eigenvalue weighted by molar-refractivity contribution is 8.00. The van der Waals surface area contributed by atoms with Crippen LogP contribution in [0.15, 0.2) is 53.6 Å². The van der Waals surface area contributed by atoms with Gasteiger partial charge in [0, 0.05) is 17.6 Å². The Morgan fingerprint density at radius 3 is 2.76 bits per heavy atom. The molecule has 1 amide bonds. The summed E-state index contributed by atoms with van der Waals surface area (Å²) in [6.45, 7) is 4.60. The molecule has 4 nitrogen and oxygen atoms in total. The Kier molecular flexibility index (Phi) is 4.17. The number of carbonyl (C=O) groups excluding carboxylic acids is 1. The van der Waals surface area contributed by atoms with Gasteiger partial charge in [0.2, 0.25) is 5.91 Å². The molecule has 2 heterocycles. The predicted molar refractivity (Wildman–Crippen MR) is 102 cm³/mol. The van der Waals surface area contributed by atoms with Crippen LogP contribution < -0.4 is 4.90 Å². The maximum atomic E-state index is 13.0. The molecular formula is C20H19N3OS. The quantitative estimate of drug-likeness (QED) is 0.529. The summed E-state index contributed by atoms with van der Waals surface area (Å²) < 4.78 is 0. The zero-order valence-electron chi connectivity index (χ0n) is 14.3. The minimum atomic E-state index is -0.205. The number of fused-ring (bicyclic) bond motifs is 2. The van der Waals surface area contributed by atoms with Gasteiger partial charge in [0.15, 0.2) is 0 Å². The van der Waals surface area contributed by atoms with Gasteiger partial charge in [0.25, 0.3) is 0 Å². The molecule has 2 aromatic carbocycles. The lowest BCUT2D eigenvalue weighted by atomic mass is 10.2.